The second-order valence-electron chi connectivity index (χ2n) is 8.99. The van der Waals surface area contributed by atoms with Crippen LogP contribution >= 0.6 is 11.6 Å². The normalized spacial score (nSPS) is 33.7. The number of nitrogens with one attached hydrogen (secondary N) is 1. The number of methoxy groups -OCH3 is 2. The number of ether oxygens (including phenoxy) is 3. The van der Waals surface area contributed by atoms with Crippen LogP contribution in [0.4, 0.5) is 0 Å². The van der Waals surface area contributed by atoms with Crippen LogP contribution in [-0.4, -0.2) is 62.0 Å². The maximum atomic E-state index is 13.5. The Balaban J connectivity index is 1.46. The number of carbonyl (C=O) groups is 2. The summed E-state index contributed by atoms with van der Waals surface area (Å²) in [5.74, 6) is 0.297. The summed E-state index contributed by atoms with van der Waals surface area (Å²) in [6.45, 7) is 5.20. The Kier molecular flexibility index (Phi) is 4.94. The molecular formula is C23H27ClN2O5. The first-order valence-corrected chi connectivity index (χ1v) is 11.2. The zero-order valence-corrected chi connectivity index (χ0v) is 18.8. The summed E-state index contributed by atoms with van der Waals surface area (Å²) < 4.78 is 16.8. The highest BCUT2D eigenvalue weighted by molar-refractivity contribution is 6.36. The van der Waals surface area contributed by atoms with Gasteiger partial charge < -0.3 is 24.4 Å². The van der Waals surface area contributed by atoms with E-state index in [1.807, 2.05) is 6.92 Å². The van der Waals surface area contributed by atoms with Crippen molar-refractivity contribution in [2.24, 2.45) is 11.8 Å². The third-order valence-corrected chi connectivity index (χ3v) is 7.69. The Morgan fingerprint density at radius 1 is 1.19 bits per heavy atom. The predicted octanol–water partition coefficient (Wildman–Crippen LogP) is 2.85. The molecule has 7 nitrogen and oxygen atoms in total. The molecule has 0 unspecified atom stereocenters. The first kappa shape index (κ1) is 20.6. The molecule has 31 heavy (non-hydrogen) atoms. The van der Waals surface area contributed by atoms with E-state index in [1.165, 1.54) is 27.1 Å². The average molecular weight is 447 g/mol. The molecule has 3 fully saturated rings. The molecular weight excluding hydrogens is 420 g/mol. The van der Waals surface area contributed by atoms with E-state index in [0.29, 0.717) is 29.9 Å². The number of benzene rings is 1. The number of hydrogen-bond acceptors (Lipinski definition) is 7. The standard InChI is InChI=1S/C23H27ClN2O5/c1-12-8-14(25-15-11-26-6-4-13(15)5-7-26)9-18(27)23(12)22(28)19-16(29-2)10-17(30-3)20(24)21(19)31-23/h9-10,12-13,15,25H,4-8,11H2,1-3H3/t12-,15-,23+/m1/s1. The third-order valence-electron chi connectivity index (χ3n) is 7.34. The van der Waals surface area contributed by atoms with E-state index in [9.17, 15) is 9.59 Å². The molecule has 1 spiro atoms. The lowest BCUT2D eigenvalue weighted by Crippen LogP contribution is -2.58. The molecule has 4 aliphatic heterocycles. The highest BCUT2D eigenvalue weighted by atomic mass is 35.5. The number of nitrogens with zero attached hydrogens (tertiary/aromatic N) is 1. The van der Waals surface area contributed by atoms with Crippen LogP contribution in [0.15, 0.2) is 17.8 Å². The van der Waals surface area contributed by atoms with Gasteiger partial charge in [0.2, 0.25) is 17.2 Å². The van der Waals surface area contributed by atoms with Gasteiger partial charge in [-0.3, -0.25) is 9.59 Å². The molecule has 5 aliphatic rings. The van der Waals surface area contributed by atoms with Crippen LogP contribution in [0.1, 0.15) is 36.5 Å². The van der Waals surface area contributed by atoms with E-state index in [4.69, 9.17) is 25.8 Å². The zero-order valence-electron chi connectivity index (χ0n) is 18.0. The van der Waals surface area contributed by atoms with E-state index in [0.717, 1.165) is 25.3 Å². The summed E-state index contributed by atoms with van der Waals surface area (Å²) in [6, 6.07) is 1.90. The van der Waals surface area contributed by atoms with Crippen LogP contribution in [0, 0.1) is 11.8 Å². The lowest BCUT2D eigenvalue weighted by atomic mass is 9.74. The fourth-order valence-electron chi connectivity index (χ4n) is 5.60. The van der Waals surface area contributed by atoms with Gasteiger partial charge in [-0.05, 0) is 38.3 Å². The molecule has 6 rings (SSSR count). The number of Topliss-reactive ketones (excluding diaryl/α,β-unsaturated/α-hetero) is 1. The molecule has 0 radical (unpaired) electrons. The van der Waals surface area contributed by atoms with Crippen molar-refractivity contribution in [1.29, 1.82) is 0 Å². The summed E-state index contributed by atoms with van der Waals surface area (Å²) >= 11 is 6.44. The van der Waals surface area contributed by atoms with Crippen LogP contribution < -0.4 is 19.5 Å². The van der Waals surface area contributed by atoms with Crippen molar-refractivity contribution in [2.75, 3.05) is 33.9 Å². The molecule has 0 amide bonds. The van der Waals surface area contributed by atoms with E-state index in [2.05, 4.69) is 10.2 Å². The van der Waals surface area contributed by atoms with Crippen molar-refractivity contribution >= 4 is 23.2 Å². The number of halogens is 1. The molecule has 1 aliphatic carbocycles. The molecule has 3 atom stereocenters. The van der Waals surface area contributed by atoms with Crippen LogP contribution in [0.3, 0.4) is 0 Å². The van der Waals surface area contributed by atoms with E-state index in [1.54, 1.807) is 12.1 Å². The number of fused-ring (bicyclic) bond motifs is 4. The zero-order chi connectivity index (χ0) is 21.9. The van der Waals surface area contributed by atoms with Crippen LogP contribution in [0.25, 0.3) is 0 Å². The number of carbonyl (C=O) groups excluding carboxylic acids is 2. The minimum atomic E-state index is -1.62. The van der Waals surface area contributed by atoms with Gasteiger partial charge in [-0.25, -0.2) is 0 Å². The Morgan fingerprint density at radius 3 is 2.48 bits per heavy atom. The quantitative estimate of drug-likeness (QED) is 0.712. The summed E-state index contributed by atoms with van der Waals surface area (Å²) in [5, 5.41) is 3.78. The van der Waals surface area contributed by atoms with Gasteiger partial charge in [0, 0.05) is 36.3 Å². The highest BCUT2D eigenvalue weighted by Gasteiger charge is 2.60. The summed E-state index contributed by atoms with van der Waals surface area (Å²) in [7, 11) is 2.94. The largest absolute Gasteiger partial charge is 0.496 e. The average Bonchev–Trinajstić information content (AvgIpc) is 3.09. The monoisotopic (exact) mass is 446 g/mol. The van der Waals surface area contributed by atoms with Gasteiger partial charge in [-0.2, -0.15) is 0 Å². The minimum Gasteiger partial charge on any atom is -0.496 e. The van der Waals surface area contributed by atoms with Crippen molar-refractivity contribution in [2.45, 2.75) is 37.8 Å². The SMILES string of the molecule is COc1cc(OC)c2c(c1Cl)O[C@@]1(C(=O)C=C(N[C@@H]3CN4CCC3CC4)C[C@H]1C)C2=O. The van der Waals surface area contributed by atoms with Crippen LogP contribution in [0.2, 0.25) is 5.02 Å². The number of rotatable bonds is 4. The van der Waals surface area contributed by atoms with Crippen molar-refractivity contribution in [3.8, 4) is 17.2 Å². The second kappa shape index (κ2) is 7.41. The molecule has 0 saturated carbocycles. The summed E-state index contributed by atoms with van der Waals surface area (Å²) in [5.41, 5.74) is -0.535. The molecule has 1 aromatic carbocycles. The topological polar surface area (TPSA) is 77.1 Å². The maximum absolute atomic E-state index is 13.5. The molecule has 2 bridgehead atoms. The second-order valence-corrected chi connectivity index (χ2v) is 9.37. The van der Waals surface area contributed by atoms with Gasteiger partial charge in [0.1, 0.15) is 22.1 Å². The molecule has 3 saturated heterocycles. The fraction of sp³-hybridized carbons (Fsp3) is 0.565. The first-order valence-electron chi connectivity index (χ1n) is 10.8. The van der Waals surface area contributed by atoms with Crippen molar-refractivity contribution < 1.29 is 23.8 Å². The lowest BCUT2D eigenvalue weighted by molar-refractivity contribution is -0.129. The van der Waals surface area contributed by atoms with E-state index in [-0.39, 0.29) is 28.0 Å². The maximum Gasteiger partial charge on any atom is 0.236 e. The molecule has 1 N–H and O–H groups in total. The summed E-state index contributed by atoms with van der Waals surface area (Å²) in [4.78, 5) is 29.4. The van der Waals surface area contributed by atoms with Gasteiger partial charge in [0.15, 0.2) is 5.75 Å². The van der Waals surface area contributed by atoms with Gasteiger partial charge in [-0.1, -0.05) is 18.5 Å². The molecule has 0 aromatic heterocycles. The van der Waals surface area contributed by atoms with Crippen LogP contribution in [-0.2, 0) is 4.79 Å². The minimum absolute atomic E-state index is 0.158. The molecule has 1 aromatic rings. The van der Waals surface area contributed by atoms with Gasteiger partial charge >= 0.3 is 0 Å². The first-order chi connectivity index (χ1) is 14.9. The third kappa shape index (κ3) is 2.97. The highest BCUT2D eigenvalue weighted by Crippen LogP contribution is 2.53. The number of hydrogen-bond donors (Lipinski definition) is 1. The van der Waals surface area contributed by atoms with E-state index >= 15 is 0 Å². The fourth-order valence-corrected chi connectivity index (χ4v) is 5.86. The lowest BCUT2D eigenvalue weighted by Gasteiger charge is -2.46. The van der Waals surface area contributed by atoms with Gasteiger partial charge in [0.05, 0.1) is 14.2 Å². The van der Waals surface area contributed by atoms with Crippen LogP contribution in [0.5, 0.6) is 17.2 Å². The Hall–Kier alpha value is -2.25. The van der Waals surface area contributed by atoms with Gasteiger partial charge in [-0.15, -0.1) is 0 Å². The Morgan fingerprint density at radius 2 is 1.90 bits per heavy atom. The van der Waals surface area contributed by atoms with E-state index < -0.39 is 11.4 Å². The van der Waals surface area contributed by atoms with Crippen molar-refractivity contribution in [1.82, 2.24) is 10.2 Å². The molecule has 8 heteroatoms. The molecule has 4 heterocycles. The predicted molar refractivity (Wildman–Crippen MR) is 115 cm³/mol. The molecule has 166 valence electrons. The Labute approximate surface area is 186 Å². The smallest absolute Gasteiger partial charge is 0.236 e. The summed E-state index contributed by atoms with van der Waals surface area (Å²) in [6.07, 6.45) is 4.48. The van der Waals surface area contributed by atoms with Gasteiger partial charge in [0.25, 0.3) is 0 Å². The number of allylic oxidation sites excluding steroid dienone is 1. The van der Waals surface area contributed by atoms with Crippen molar-refractivity contribution in [3.63, 3.8) is 0 Å². The Bertz CT molecular complexity index is 985. The van der Waals surface area contributed by atoms with Crippen molar-refractivity contribution in [3.05, 3.63) is 28.4 Å². The number of ketones is 2. The number of piperidine rings is 3.